The maximum Gasteiger partial charge on any atom is 0.348 e. The maximum atomic E-state index is 12.4. The summed E-state index contributed by atoms with van der Waals surface area (Å²) in [7, 11) is 0. The van der Waals surface area contributed by atoms with Gasteiger partial charge >= 0.3 is 5.97 Å². The van der Waals surface area contributed by atoms with Crippen molar-refractivity contribution in [3.05, 3.63) is 22.4 Å². The lowest BCUT2D eigenvalue weighted by Crippen LogP contribution is -2.62. The first-order valence-corrected chi connectivity index (χ1v) is 10.7. The highest BCUT2D eigenvalue weighted by Crippen LogP contribution is 2.63. The van der Waals surface area contributed by atoms with Gasteiger partial charge in [-0.05, 0) is 56.4 Å². The van der Waals surface area contributed by atoms with Crippen molar-refractivity contribution >= 4 is 17.3 Å². The van der Waals surface area contributed by atoms with Crippen LogP contribution in [0.15, 0.2) is 17.5 Å². The SMILES string of the molecule is C[C@@H]1CC[C@H]2C(C)(COC(=O)c3cccs3)O[C@@H]3O[C@@]4(C)CC[C@@H]1[C@]32OO4. The van der Waals surface area contributed by atoms with Gasteiger partial charge in [0.1, 0.15) is 17.1 Å². The normalized spacial score (nSPS) is 48.1. The van der Waals surface area contributed by atoms with Crippen LogP contribution >= 0.6 is 11.3 Å². The second-order valence-electron chi connectivity index (χ2n) is 8.84. The molecule has 4 aliphatic heterocycles. The Balaban J connectivity index is 1.44. The van der Waals surface area contributed by atoms with Gasteiger partial charge in [-0.3, -0.25) is 0 Å². The third-order valence-corrected chi connectivity index (χ3v) is 7.89. The summed E-state index contributed by atoms with van der Waals surface area (Å²) in [5.74, 6) is -0.225. The molecule has 5 aliphatic rings. The van der Waals surface area contributed by atoms with Crippen molar-refractivity contribution in [2.75, 3.05) is 6.61 Å². The Hall–Kier alpha value is -0.990. The summed E-state index contributed by atoms with van der Waals surface area (Å²) in [5.41, 5.74) is -1.29. The third-order valence-electron chi connectivity index (χ3n) is 7.04. The zero-order chi connectivity index (χ0) is 18.9. The van der Waals surface area contributed by atoms with E-state index in [1.807, 2.05) is 25.3 Å². The number of rotatable bonds is 3. The lowest BCUT2D eigenvalue weighted by atomic mass is 9.60. The lowest BCUT2D eigenvalue weighted by Gasteiger charge is -2.50. The van der Waals surface area contributed by atoms with E-state index in [0.29, 0.717) is 16.7 Å². The summed E-state index contributed by atoms with van der Waals surface area (Å²) in [6, 6.07) is 3.62. The highest BCUT2D eigenvalue weighted by Gasteiger charge is 2.74. The molecule has 1 spiro atoms. The van der Waals surface area contributed by atoms with Gasteiger partial charge in [0.15, 0.2) is 11.9 Å². The summed E-state index contributed by atoms with van der Waals surface area (Å²) >= 11 is 1.38. The fraction of sp³-hybridized carbons (Fsp3) is 0.750. The van der Waals surface area contributed by atoms with Crippen molar-refractivity contribution in [3.63, 3.8) is 0 Å². The Morgan fingerprint density at radius 1 is 1.26 bits per heavy atom. The minimum atomic E-state index is -0.781. The molecular weight excluding hydrogens is 368 g/mol. The minimum absolute atomic E-state index is 0.0509. The van der Waals surface area contributed by atoms with E-state index >= 15 is 0 Å². The average molecular weight is 394 g/mol. The molecule has 27 heavy (non-hydrogen) atoms. The molecule has 0 N–H and O–H groups in total. The molecule has 5 fully saturated rings. The Morgan fingerprint density at radius 2 is 2.11 bits per heavy atom. The van der Waals surface area contributed by atoms with Crippen LogP contribution in [0, 0.1) is 17.8 Å². The summed E-state index contributed by atoms with van der Waals surface area (Å²) in [6.45, 7) is 6.38. The molecule has 1 aromatic rings. The van der Waals surface area contributed by atoms with Crippen LogP contribution in [-0.4, -0.2) is 35.9 Å². The second kappa shape index (κ2) is 6.00. The second-order valence-corrected chi connectivity index (χ2v) is 9.79. The Kier molecular flexibility index (Phi) is 4.02. The van der Waals surface area contributed by atoms with Gasteiger partial charge in [0, 0.05) is 12.3 Å². The largest absolute Gasteiger partial charge is 0.458 e. The smallest absolute Gasteiger partial charge is 0.348 e. The van der Waals surface area contributed by atoms with E-state index in [9.17, 15) is 4.79 Å². The highest BCUT2D eigenvalue weighted by molar-refractivity contribution is 7.11. The fourth-order valence-electron chi connectivity index (χ4n) is 5.62. The Labute approximate surface area is 163 Å². The number of thiophene rings is 1. The number of carbonyl (C=O) groups is 1. The van der Waals surface area contributed by atoms with E-state index < -0.39 is 23.3 Å². The molecule has 7 atom stereocenters. The van der Waals surface area contributed by atoms with Crippen LogP contribution in [-0.2, 0) is 24.0 Å². The molecule has 4 saturated heterocycles. The van der Waals surface area contributed by atoms with Crippen molar-refractivity contribution in [2.45, 2.75) is 69.7 Å². The standard InChI is InChI=1S/C20H26O6S/c1-12-6-7-15-18(2,11-22-16(21)14-5-4-10-27-14)23-17-20(15)13(12)8-9-19(3,24-17)25-26-20/h4-5,10,12-13,15,17H,6-9,11H2,1-3H3/t12-,13+,15+,17-,18?,19-,20-/m1/s1. The fourth-order valence-corrected chi connectivity index (χ4v) is 6.24. The predicted octanol–water partition coefficient (Wildman–Crippen LogP) is 3.91. The van der Waals surface area contributed by atoms with Gasteiger partial charge in [0.25, 0.3) is 0 Å². The molecule has 0 radical (unpaired) electrons. The number of hydrogen-bond donors (Lipinski definition) is 0. The quantitative estimate of drug-likeness (QED) is 0.572. The predicted molar refractivity (Wildman–Crippen MR) is 96.9 cm³/mol. The number of ether oxygens (including phenoxy) is 3. The first-order chi connectivity index (χ1) is 12.9. The number of fused-ring (bicyclic) bond motifs is 2. The molecule has 1 aromatic heterocycles. The van der Waals surface area contributed by atoms with Crippen LogP contribution in [0.25, 0.3) is 0 Å². The van der Waals surface area contributed by atoms with Crippen LogP contribution in [0.3, 0.4) is 0 Å². The Bertz CT molecular complexity index is 737. The molecule has 0 aromatic carbocycles. The summed E-state index contributed by atoms with van der Waals surface area (Å²) in [4.78, 5) is 24.8. The molecule has 2 bridgehead atoms. The molecule has 1 aliphatic carbocycles. The summed E-state index contributed by atoms with van der Waals surface area (Å²) < 4.78 is 18.4. The van der Waals surface area contributed by atoms with E-state index in [-0.39, 0.29) is 18.5 Å². The van der Waals surface area contributed by atoms with Gasteiger partial charge in [0.05, 0.1) is 0 Å². The van der Waals surface area contributed by atoms with Crippen molar-refractivity contribution in [3.8, 4) is 0 Å². The molecule has 7 heteroatoms. The van der Waals surface area contributed by atoms with Crippen molar-refractivity contribution < 1.29 is 28.8 Å². The van der Waals surface area contributed by atoms with E-state index in [0.717, 1.165) is 25.7 Å². The first-order valence-electron chi connectivity index (χ1n) is 9.79. The summed E-state index contributed by atoms with van der Waals surface area (Å²) in [5, 5.41) is 1.87. The first kappa shape index (κ1) is 18.1. The molecule has 1 unspecified atom stereocenters. The molecule has 5 heterocycles. The van der Waals surface area contributed by atoms with Gasteiger partial charge < -0.3 is 14.2 Å². The van der Waals surface area contributed by atoms with Crippen LogP contribution in [0.4, 0.5) is 0 Å². The topological polar surface area (TPSA) is 63.2 Å². The zero-order valence-electron chi connectivity index (χ0n) is 15.9. The molecule has 148 valence electrons. The lowest BCUT2D eigenvalue weighted by molar-refractivity contribution is -0.541. The van der Waals surface area contributed by atoms with E-state index in [1.54, 1.807) is 6.07 Å². The average Bonchev–Trinajstić information content (AvgIpc) is 3.17. The van der Waals surface area contributed by atoms with Crippen molar-refractivity contribution in [1.29, 1.82) is 0 Å². The highest BCUT2D eigenvalue weighted by atomic mass is 32.1. The maximum absolute atomic E-state index is 12.4. The molecule has 0 amide bonds. The molecule has 6 nitrogen and oxygen atoms in total. The van der Waals surface area contributed by atoms with Gasteiger partial charge in [-0.1, -0.05) is 13.0 Å². The van der Waals surface area contributed by atoms with E-state index in [2.05, 4.69) is 6.92 Å². The van der Waals surface area contributed by atoms with Crippen LogP contribution in [0.1, 0.15) is 56.1 Å². The summed E-state index contributed by atoms with van der Waals surface area (Å²) in [6.07, 6.45) is 3.31. The molecular formula is C20H26O6S. The number of esters is 1. The van der Waals surface area contributed by atoms with E-state index in [4.69, 9.17) is 24.0 Å². The van der Waals surface area contributed by atoms with Crippen molar-refractivity contribution in [1.82, 2.24) is 0 Å². The Morgan fingerprint density at radius 3 is 2.89 bits per heavy atom. The van der Waals surface area contributed by atoms with Gasteiger partial charge in [-0.25, -0.2) is 14.6 Å². The third kappa shape index (κ3) is 2.55. The molecule has 6 rings (SSSR count). The van der Waals surface area contributed by atoms with E-state index in [1.165, 1.54) is 11.3 Å². The van der Waals surface area contributed by atoms with Crippen LogP contribution in [0.2, 0.25) is 0 Å². The van der Waals surface area contributed by atoms with Gasteiger partial charge in [-0.2, -0.15) is 0 Å². The van der Waals surface area contributed by atoms with Gasteiger partial charge in [-0.15, -0.1) is 11.3 Å². The minimum Gasteiger partial charge on any atom is -0.458 e. The van der Waals surface area contributed by atoms with Crippen molar-refractivity contribution in [2.24, 2.45) is 17.8 Å². The van der Waals surface area contributed by atoms with Crippen LogP contribution in [0.5, 0.6) is 0 Å². The number of carbonyl (C=O) groups excluding carboxylic acids is 1. The monoisotopic (exact) mass is 394 g/mol. The van der Waals surface area contributed by atoms with Crippen LogP contribution < -0.4 is 0 Å². The zero-order valence-corrected chi connectivity index (χ0v) is 16.8. The van der Waals surface area contributed by atoms with Gasteiger partial charge in [0.2, 0.25) is 5.79 Å². The number of hydrogen-bond acceptors (Lipinski definition) is 7. The molecule has 1 saturated carbocycles.